The van der Waals surface area contributed by atoms with Crippen molar-refractivity contribution in [3.8, 4) is 0 Å². The molecular weight excluding hydrogens is 462 g/mol. The van der Waals surface area contributed by atoms with E-state index >= 15 is 0 Å². The highest BCUT2D eigenvalue weighted by atomic mass is 16.4. The van der Waals surface area contributed by atoms with Crippen LogP contribution in [0.2, 0.25) is 0 Å². The second kappa shape index (κ2) is 12.5. The normalized spacial score (nSPS) is 10.8. The standard InChI is InChI=1S/C22H23N.C6H8O7/c1-16-17(2)22(23)15-20(13-18-9-5-3-6-10-18)21(16)14-19-11-7-4-8-12-19;7-3(8)1-6(13,5(11)12)2-4(9)10/h3-12,15H,13-14,23H2,1-2H3;13H,1-2H2,(H,7,8)(H,9,10)(H,11,12). The Kier molecular flexibility index (Phi) is 9.75. The van der Waals surface area contributed by atoms with Crippen LogP contribution in [0.25, 0.3) is 0 Å². The number of nitrogens with two attached hydrogens (primary N) is 1. The second-order valence-electron chi connectivity index (χ2n) is 8.66. The van der Waals surface area contributed by atoms with Gasteiger partial charge in [-0.25, -0.2) is 4.79 Å². The van der Waals surface area contributed by atoms with E-state index < -0.39 is 36.4 Å². The number of nitrogen functional groups attached to an aromatic ring is 1. The summed E-state index contributed by atoms with van der Waals surface area (Å²) in [6, 6.07) is 23.4. The molecule has 0 aliphatic carbocycles. The molecule has 190 valence electrons. The van der Waals surface area contributed by atoms with Crippen LogP contribution < -0.4 is 5.73 Å². The molecule has 3 rings (SSSR count). The first kappa shape index (κ1) is 28.1. The zero-order valence-corrected chi connectivity index (χ0v) is 20.3. The lowest BCUT2D eigenvalue weighted by atomic mass is 9.88. The molecule has 36 heavy (non-hydrogen) atoms. The van der Waals surface area contributed by atoms with Crippen molar-refractivity contribution in [3.05, 3.63) is 100 Å². The van der Waals surface area contributed by atoms with Gasteiger partial charge in [-0.3, -0.25) is 9.59 Å². The fourth-order valence-corrected chi connectivity index (χ4v) is 3.80. The van der Waals surface area contributed by atoms with E-state index in [-0.39, 0.29) is 0 Å². The molecule has 8 nitrogen and oxygen atoms in total. The molecule has 0 radical (unpaired) electrons. The lowest BCUT2D eigenvalue weighted by Gasteiger charge is -2.18. The van der Waals surface area contributed by atoms with Crippen molar-refractivity contribution in [2.75, 3.05) is 5.73 Å². The molecule has 0 unspecified atom stereocenters. The summed E-state index contributed by atoms with van der Waals surface area (Å²) >= 11 is 0. The average Bonchev–Trinajstić information content (AvgIpc) is 2.81. The van der Waals surface area contributed by atoms with Crippen LogP contribution in [-0.2, 0) is 27.2 Å². The number of carboxylic acids is 3. The van der Waals surface area contributed by atoms with Gasteiger partial charge in [0.05, 0.1) is 12.8 Å². The van der Waals surface area contributed by atoms with Crippen molar-refractivity contribution in [2.45, 2.75) is 45.1 Å². The zero-order valence-electron chi connectivity index (χ0n) is 20.3. The number of hydrogen-bond donors (Lipinski definition) is 5. The van der Waals surface area contributed by atoms with Crippen LogP contribution >= 0.6 is 0 Å². The van der Waals surface area contributed by atoms with Gasteiger partial charge >= 0.3 is 17.9 Å². The lowest BCUT2D eigenvalue weighted by Crippen LogP contribution is -2.42. The van der Waals surface area contributed by atoms with E-state index in [1.165, 1.54) is 33.4 Å². The van der Waals surface area contributed by atoms with Gasteiger partial charge < -0.3 is 26.2 Å². The summed E-state index contributed by atoms with van der Waals surface area (Å²) in [6.07, 6.45) is -0.409. The molecule has 0 aromatic heterocycles. The molecule has 0 atom stereocenters. The highest BCUT2D eigenvalue weighted by Gasteiger charge is 2.40. The Labute approximate surface area is 209 Å². The van der Waals surface area contributed by atoms with E-state index in [1.807, 2.05) is 0 Å². The maximum Gasteiger partial charge on any atom is 0.336 e. The highest BCUT2D eigenvalue weighted by molar-refractivity contribution is 5.88. The fraction of sp³-hybridized carbons (Fsp3) is 0.250. The van der Waals surface area contributed by atoms with Crippen molar-refractivity contribution < 1.29 is 34.8 Å². The summed E-state index contributed by atoms with van der Waals surface area (Å²) in [4.78, 5) is 30.5. The minimum atomic E-state index is -2.74. The van der Waals surface area contributed by atoms with E-state index in [9.17, 15) is 14.4 Å². The topological polar surface area (TPSA) is 158 Å². The maximum absolute atomic E-state index is 10.3. The molecule has 0 saturated carbocycles. The molecule has 0 aliphatic heterocycles. The highest BCUT2D eigenvalue weighted by Crippen LogP contribution is 2.28. The van der Waals surface area contributed by atoms with E-state index in [0.29, 0.717) is 0 Å². The van der Waals surface area contributed by atoms with Crippen LogP contribution in [0.4, 0.5) is 5.69 Å². The third-order valence-electron chi connectivity index (χ3n) is 5.91. The minimum absolute atomic E-state index is 0.894. The summed E-state index contributed by atoms with van der Waals surface area (Å²) in [5.74, 6) is -5.02. The Hall–Kier alpha value is -4.17. The third-order valence-corrected chi connectivity index (χ3v) is 5.91. The Bertz CT molecular complexity index is 1190. The SMILES string of the molecule is Cc1c(N)cc(Cc2ccccc2)c(Cc2ccccc2)c1C.O=C(O)CC(O)(CC(=O)O)C(=O)O. The van der Waals surface area contributed by atoms with Gasteiger partial charge in [-0.05, 0) is 66.1 Å². The first-order valence-electron chi connectivity index (χ1n) is 11.3. The molecule has 0 fully saturated rings. The van der Waals surface area contributed by atoms with Crippen LogP contribution in [0.3, 0.4) is 0 Å². The van der Waals surface area contributed by atoms with Gasteiger partial charge in [-0.2, -0.15) is 0 Å². The van der Waals surface area contributed by atoms with Gasteiger partial charge in [0.25, 0.3) is 0 Å². The Morgan fingerprint density at radius 1 is 0.750 bits per heavy atom. The first-order valence-corrected chi connectivity index (χ1v) is 11.3. The molecule has 0 saturated heterocycles. The molecule has 0 aliphatic rings. The molecule has 0 spiro atoms. The van der Waals surface area contributed by atoms with Gasteiger partial charge in [0.15, 0.2) is 5.60 Å². The number of benzene rings is 3. The Morgan fingerprint density at radius 2 is 1.19 bits per heavy atom. The number of aliphatic hydroxyl groups is 1. The first-order chi connectivity index (χ1) is 16.9. The van der Waals surface area contributed by atoms with Crippen molar-refractivity contribution >= 4 is 23.6 Å². The largest absolute Gasteiger partial charge is 0.481 e. The smallest absolute Gasteiger partial charge is 0.336 e. The Balaban J connectivity index is 0.000000302. The van der Waals surface area contributed by atoms with E-state index in [1.54, 1.807) is 0 Å². The maximum atomic E-state index is 10.3. The average molecular weight is 494 g/mol. The van der Waals surface area contributed by atoms with E-state index in [2.05, 4.69) is 80.6 Å². The monoisotopic (exact) mass is 493 g/mol. The molecular formula is C28H31NO7. The molecule has 8 heteroatoms. The number of aliphatic carboxylic acids is 3. The van der Waals surface area contributed by atoms with E-state index in [0.717, 1.165) is 18.5 Å². The number of carboxylic acid groups (broad SMARTS) is 3. The fourth-order valence-electron chi connectivity index (χ4n) is 3.80. The molecule has 0 amide bonds. The van der Waals surface area contributed by atoms with Crippen LogP contribution in [0, 0.1) is 13.8 Å². The minimum Gasteiger partial charge on any atom is -0.481 e. The van der Waals surface area contributed by atoms with E-state index in [4.69, 9.17) is 26.2 Å². The zero-order chi connectivity index (χ0) is 26.9. The van der Waals surface area contributed by atoms with Crippen molar-refractivity contribution in [1.29, 1.82) is 0 Å². The number of hydrogen-bond acceptors (Lipinski definition) is 5. The van der Waals surface area contributed by atoms with Gasteiger partial charge in [0.2, 0.25) is 0 Å². The molecule has 6 N–H and O–H groups in total. The van der Waals surface area contributed by atoms with Crippen LogP contribution in [0.5, 0.6) is 0 Å². The van der Waals surface area contributed by atoms with Crippen molar-refractivity contribution in [1.82, 2.24) is 0 Å². The molecule has 3 aromatic carbocycles. The van der Waals surface area contributed by atoms with Crippen molar-refractivity contribution in [3.63, 3.8) is 0 Å². The second-order valence-corrected chi connectivity index (χ2v) is 8.66. The number of carbonyl (C=O) groups is 3. The summed E-state index contributed by atoms with van der Waals surface area (Å²) in [5.41, 5.74) is 12.3. The predicted molar refractivity (Wildman–Crippen MR) is 136 cm³/mol. The quantitative estimate of drug-likeness (QED) is 0.281. The summed E-state index contributed by atoms with van der Waals surface area (Å²) in [7, 11) is 0. The van der Waals surface area contributed by atoms with Gasteiger partial charge in [0.1, 0.15) is 0 Å². The van der Waals surface area contributed by atoms with Crippen molar-refractivity contribution in [2.24, 2.45) is 0 Å². The summed E-state index contributed by atoms with van der Waals surface area (Å²) < 4.78 is 0. The van der Waals surface area contributed by atoms with Crippen LogP contribution in [-0.4, -0.2) is 43.9 Å². The van der Waals surface area contributed by atoms with Gasteiger partial charge in [-0.15, -0.1) is 0 Å². The predicted octanol–water partition coefficient (Wildman–Crippen LogP) is 3.82. The summed E-state index contributed by atoms with van der Waals surface area (Å²) in [6.45, 7) is 4.31. The molecule has 0 bridgehead atoms. The van der Waals surface area contributed by atoms with Crippen LogP contribution in [0.15, 0.2) is 66.7 Å². The molecule has 0 heterocycles. The number of rotatable bonds is 9. The lowest BCUT2D eigenvalue weighted by molar-refractivity contribution is -0.170. The third kappa shape index (κ3) is 7.95. The van der Waals surface area contributed by atoms with Gasteiger partial charge in [-0.1, -0.05) is 60.7 Å². The number of anilines is 1. The van der Waals surface area contributed by atoms with Gasteiger partial charge in [0, 0.05) is 5.69 Å². The molecule has 3 aromatic rings. The summed E-state index contributed by atoms with van der Waals surface area (Å²) in [5, 5.41) is 33.8. The Morgan fingerprint density at radius 3 is 1.61 bits per heavy atom. The van der Waals surface area contributed by atoms with Crippen LogP contribution in [0.1, 0.15) is 46.2 Å².